The van der Waals surface area contributed by atoms with Gasteiger partial charge in [0.15, 0.2) is 0 Å². The van der Waals surface area contributed by atoms with Gasteiger partial charge in [-0.25, -0.2) is 32.3 Å². The van der Waals surface area contributed by atoms with Crippen LogP contribution in [0.25, 0.3) is 19.0 Å². The minimum Gasteiger partial charge on any atom is -0.639 e. The van der Waals surface area contributed by atoms with E-state index in [1.165, 1.54) is 51.4 Å². The molecule has 4 heterocycles. The van der Waals surface area contributed by atoms with E-state index < -0.39 is 32.9 Å². The fourth-order valence-corrected chi connectivity index (χ4v) is 30.0. The molecule has 416 valence electrons. The molecule has 4 aliphatic heterocycles. The van der Waals surface area contributed by atoms with Gasteiger partial charge in [0, 0.05) is 52.9 Å². The van der Waals surface area contributed by atoms with Crippen LogP contribution >= 0.6 is 32.3 Å². The number of rotatable bonds is 16. The van der Waals surface area contributed by atoms with E-state index in [1.807, 2.05) is 0 Å². The molecule has 0 amide bonds. The summed E-state index contributed by atoms with van der Waals surface area (Å²) in [4.78, 5) is 0. The molecule has 0 radical (unpaired) electrons. The van der Waals surface area contributed by atoms with Gasteiger partial charge in [-0.1, -0.05) is 222 Å². The number of hydrogen-bond acceptors (Lipinski definition) is 4. The van der Waals surface area contributed by atoms with Gasteiger partial charge in [-0.3, -0.25) is 0 Å². The van der Waals surface area contributed by atoms with Gasteiger partial charge >= 0.3 is 75.5 Å². The first-order valence-corrected chi connectivity index (χ1v) is 46.8. The minimum absolute atomic E-state index is 0. The Morgan fingerprint density at radius 1 is 0.243 bits per heavy atom. The predicted molar refractivity (Wildman–Crippen MR) is 347 cm³/mol. The molecule has 0 saturated carbocycles. The summed E-state index contributed by atoms with van der Waals surface area (Å²) >= 11 is 0. The molecule has 0 spiro atoms. The van der Waals surface area contributed by atoms with Crippen LogP contribution in [-0.2, 0) is 18.9 Å². The Balaban J connectivity index is -0.000000171. The van der Waals surface area contributed by atoms with Gasteiger partial charge in [0.05, 0.1) is 0 Å². The summed E-state index contributed by atoms with van der Waals surface area (Å²) in [5.41, 5.74) is 6.05. The molecule has 4 saturated heterocycles. The first-order valence-electron chi connectivity index (χ1n) is 27.3. The van der Waals surface area contributed by atoms with E-state index in [4.69, 9.17) is 38.0 Å². The van der Waals surface area contributed by atoms with Gasteiger partial charge < -0.3 is 38.0 Å². The Kier molecular flexibility index (Phi) is 61.0. The average Bonchev–Trinajstić information content (AvgIpc) is 4.03. The predicted octanol–water partition coefficient (Wildman–Crippen LogP) is 20.1. The maximum atomic E-state index is 5.01. The van der Waals surface area contributed by atoms with Crippen LogP contribution in [0.1, 0.15) is 162 Å². The zero-order valence-corrected chi connectivity index (χ0v) is 64.6. The monoisotopic (exact) mass is 1180 g/mol. The Bertz CT molecular complexity index is 872. The molecular formula is C52H124Ca2N4O4P4Si4. The van der Waals surface area contributed by atoms with Crippen LogP contribution in [0, 0.1) is 0 Å². The molecule has 4 aliphatic rings. The van der Waals surface area contributed by atoms with Crippen LogP contribution in [0.5, 0.6) is 0 Å². The summed E-state index contributed by atoms with van der Waals surface area (Å²) in [5.74, 6) is 0. The van der Waals surface area contributed by atoms with Crippen molar-refractivity contribution in [1.29, 1.82) is 0 Å². The second kappa shape index (κ2) is 49.6. The molecule has 8 nitrogen and oxygen atoms in total. The molecule has 0 N–H and O–H groups in total. The number of nitrogens with zero attached hydrogens (tertiary/aromatic N) is 4. The molecule has 0 aromatic rings. The van der Waals surface area contributed by atoms with Gasteiger partial charge in [0.2, 0.25) is 0 Å². The Labute approximate surface area is 511 Å². The Morgan fingerprint density at radius 3 is 0.371 bits per heavy atom. The standard InChI is InChI=1S/4C9H23NPSi.4C4H8O.2Ca/c4*1-8(2)11(9(3)4)10-12(5,6)7;4*1-2-4-5-3-1;;/h4*8-9H,1-7H3;4*1-4H2;;/q4*-1;;;;;2*+2. The maximum absolute atomic E-state index is 5.01. The topological polar surface area (TPSA) is 93.3 Å². The van der Waals surface area contributed by atoms with E-state index in [-0.39, 0.29) is 108 Å². The first-order chi connectivity index (χ1) is 31.0. The third-order valence-corrected chi connectivity index (χ3v) is 31.0. The van der Waals surface area contributed by atoms with Crippen molar-refractivity contribution in [2.75, 3.05) is 52.9 Å². The smallest absolute Gasteiger partial charge is 0.639 e. The summed E-state index contributed by atoms with van der Waals surface area (Å²) < 4.78 is 39.8. The second-order valence-electron chi connectivity index (χ2n) is 24.6. The summed E-state index contributed by atoms with van der Waals surface area (Å²) in [6.45, 7) is 72.7. The molecular weight excluding hydrogens is 1060 g/mol. The first kappa shape index (κ1) is 86.1. The van der Waals surface area contributed by atoms with Gasteiger partial charge in [0.25, 0.3) is 0 Å². The van der Waals surface area contributed by atoms with E-state index in [9.17, 15) is 0 Å². The maximum Gasteiger partial charge on any atom is 2.00 e. The van der Waals surface area contributed by atoms with E-state index >= 15 is 0 Å². The molecule has 0 atom stereocenters. The fraction of sp³-hybridized carbons (Fsp3) is 1.00. The normalized spacial score (nSPS) is 16.1. The molecule has 4 rings (SSSR count). The molecule has 4 fully saturated rings. The summed E-state index contributed by atoms with van der Waals surface area (Å²) in [5, 5.41) is 0. The van der Waals surface area contributed by atoms with Crippen LogP contribution < -0.4 is 0 Å². The minimum atomic E-state index is -1.19. The van der Waals surface area contributed by atoms with Crippen LogP contribution in [0.2, 0.25) is 78.6 Å². The van der Waals surface area contributed by atoms with Crippen molar-refractivity contribution in [2.24, 2.45) is 0 Å². The van der Waals surface area contributed by atoms with Gasteiger partial charge in [-0.2, -0.15) is 0 Å². The van der Waals surface area contributed by atoms with Gasteiger partial charge in [-0.05, 0) is 96.6 Å². The van der Waals surface area contributed by atoms with Gasteiger partial charge in [-0.15, -0.1) is 0 Å². The van der Waals surface area contributed by atoms with Crippen LogP contribution in [0.3, 0.4) is 0 Å². The zero-order valence-electron chi connectivity index (χ0n) is 52.6. The van der Waals surface area contributed by atoms with E-state index in [0.29, 0.717) is 0 Å². The van der Waals surface area contributed by atoms with Crippen molar-refractivity contribution in [2.45, 2.75) is 286 Å². The van der Waals surface area contributed by atoms with Crippen molar-refractivity contribution in [3.63, 3.8) is 0 Å². The number of ether oxygens (including phenoxy) is 4. The molecule has 0 unspecified atom stereocenters. The third-order valence-electron chi connectivity index (χ3n) is 9.20. The van der Waals surface area contributed by atoms with E-state index in [2.05, 4.69) is 189 Å². The molecule has 0 aliphatic carbocycles. The molecule has 18 heteroatoms. The van der Waals surface area contributed by atoms with Crippen LogP contribution in [0.15, 0.2) is 0 Å². The third kappa shape index (κ3) is 63.6. The molecule has 0 bridgehead atoms. The molecule has 70 heavy (non-hydrogen) atoms. The quantitative estimate of drug-likeness (QED) is 0.114. The SMILES string of the molecule is C1CCOC1.C1CCOC1.C1CCOC1.C1CCOC1.CC(C)P([N-][Si](C)(C)C)C(C)C.CC(C)P([N-][Si](C)(C)C)C(C)C.CC(C)P([N-][Si](C)(C)C)C(C)C.CC(C)P([N-][Si](C)(C)C)C(C)C.[Ca+2].[Ca+2]. The van der Waals surface area contributed by atoms with Crippen molar-refractivity contribution >= 4 is 141 Å². The fourth-order valence-electron chi connectivity index (χ4n) is 6.74. The summed E-state index contributed by atoms with van der Waals surface area (Å²) in [7, 11) is -5.09. The van der Waals surface area contributed by atoms with Crippen molar-refractivity contribution < 1.29 is 18.9 Å². The van der Waals surface area contributed by atoms with Crippen molar-refractivity contribution in [3.05, 3.63) is 19.0 Å². The number of hydrogen-bond donors (Lipinski definition) is 0. The van der Waals surface area contributed by atoms with Crippen LogP contribution in [-0.4, -0.2) is 207 Å². The summed E-state index contributed by atoms with van der Waals surface area (Å²) in [6.07, 6.45) is 10.2. The van der Waals surface area contributed by atoms with Crippen LogP contribution in [0.4, 0.5) is 0 Å². The zero-order chi connectivity index (χ0) is 53.9. The van der Waals surface area contributed by atoms with Crippen molar-refractivity contribution in [3.8, 4) is 0 Å². The Hall–Kier alpha value is 4.79. The second-order valence-corrected chi connectivity index (χ2v) is 56.5. The average molecular weight is 1190 g/mol. The molecule has 0 aromatic carbocycles. The molecule has 0 aromatic heterocycles. The summed E-state index contributed by atoms with van der Waals surface area (Å²) in [6, 6.07) is 0. The van der Waals surface area contributed by atoms with E-state index in [0.717, 1.165) is 98.1 Å². The Morgan fingerprint density at radius 2 is 0.343 bits per heavy atom. The van der Waals surface area contributed by atoms with E-state index in [1.54, 1.807) is 0 Å². The van der Waals surface area contributed by atoms with Gasteiger partial charge in [0.1, 0.15) is 0 Å². The van der Waals surface area contributed by atoms with Crippen molar-refractivity contribution in [1.82, 2.24) is 0 Å². The largest absolute Gasteiger partial charge is 2.00 e.